The van der Waals surface area contributed by atoms with E-state index >= 15 is 0 Å². The van der Waals surface area contributed by atoms with Crippen molar-refractivity contribution in [1.82, 2.24) is 19.5 Å². The van der Waals surface area contributed by atoms with Gasteiger partial charge in [0.25, 0.3) is 5.56 Å². The summed E-state index contributed by atoms with van der Waals surface area (Å²) in [4.78, 5) is 49.3. The molecular formula is C23H22N4O5S2. The van der Waals surface area contributed by atoms with E-state index in [4.69, 9.17) is 9.47 Å². The molecule has 0 bridgehead atoms. The number of hydrogen-bond acceptors (Lipinski definition) is 9. The number of aromatic amines is 1. The zero-order valence-electron chi connectivity index (χ0n) is 19.0. The van der Waals surface area contributed by atoms with Gasteiger partial charge in [0.05, 0.1) is 37.5 Å². The van der Waals surface area contributed by atoms with Crippen LogP contribution in [0.2, 0.25) is 0 Å². The number of benzene rings is 1. The van der Waals surface area contributed by atoms with Crippen LogP contribution in [0.4, 0.5) is 0 Å². The SMILES string of the molecule is COC(=O)Cc1c(C(=O)OC)sc2nc(CSc3nccn3-c3cc(C)ccc3C)[nH]c(=O)c12. The van der Waals surface area contributed by atoms with Gasteiger partial charge in [0.15, 0.2) is 5.16 Å². The van der Waals surface area contributed by atoms with Crippen molar-refractivity contribution in [2.75, 3.05) is 14.2 Å². The lowest BCUT2D eigenvalue weighted by Crippen LogP contribution is -2.15. The summed E-state index contributed by atoms with van der Waals surface area (Å²) in [5.74, 6) is -0.416. The highest BCUT2D eigenvalue weighted by atomic mass is 32.2. The van der Waals surface area contributed by atoms with Crippen LogP contribution in [0.1, 0.15) is 32.2 Å². The van der Waals surface area contributed by atoms with Gasteiger partial charge in [0.1, 0.15) is 15.5 Å². The number of methoxy groups -OCH3 is 2. The predicted molar refractivity (Wildman–Crippen MR) is 130 cm³/mol. The minimum atomic E-state index is -0.632. The molecule has 0 unspecified atom stereocenters. The van der Waals surface area contributed by atoms with Crippen molar-refractivity contribution < 1.29 is 19.1 Å². The Bertz CT molecular complexity index is 1450. The minimum Gasteiger partial charge on any atom is -0.469 e. The fourth-order valence-electron chi connectivity index (χ4n) is 3.51. The maximum atomic E-state index is 12.9. The van der Waals surface area contributed by atoms with Crippen LogP contribution in [0.5, 0.6) is 0 Å². The Labute approximate surface area is 203 Å². The van der Waals surface area contributed by atoms with Crippen LogP contribution >= 0.6 is 23.1 Å². The minimum absolute atomic E-state index is 0.163. The molecule has 9 nitrogen and oxygen atoms in total. The summed E-state index contributed by atoms with van der Waals surface area (Å²) in [7, 11) is 2.49. The number of aromatic nitrogens is 4. The zero-order chi connectivity index (χ0) is 24.4. The van der Waals surface area contributed by atoms with Crippen LogP contribution in [0.25, 0.3) is 15.9 Å². The Kier molecular flexibility index (Phi) is 6.85. The molecule has 0 aliphatic rings. The first-order valence-electron chi connectivity index (χ1n) is 10.3. The van der Waals surface area contributed by atoms with Crippen molar-refractivity contribution in [3.8, 4) is 5.69 Å². The number of hydrogen-bond donors (Lipinski definition) is 1. The number of carbonyl (C=O) groups excluding carboxylic acids is 2. The maximum Gasteiger partial charge on any atom is 0.348 e. The van der Waals surface area contributed by atoms with E-state index in [1.165, 1.54) is 26.0 Å². The van der Waals surface area contributed by atoms with E-state index in [9.17, 15) is 14.4 Å². The molecule has 34 heavy (non-hydrogen) atoms. The van der Waals surface area contributed by atoms with E-state index in [0.717, 1.165) is 33.3 Å². The number of thiophene rings is 1. The summed E-state index contributed by atoms with van der Waals surface area (Å²) in [5, 5.41) is 0.950. The van der Waals surface area contributed by atoms with E-state index in [-0.39, 0.29) is 22.2 Å². The van der Waals surface area contributed by atoms with Crippen LogP contribution < -0.4 is 5.56 Å². The number of aryl methyl sites for hydroxylation is 2. The summed E-state index contributed by atoms with van der Waals surface area (Å²) >= 11 is 2.45. The van der Waals surface area contributed by atoms with Crippen molar-refractivity contribution in [3.05, 3.63) is 68.3 Å². The number of rotatable bonds is 7. The quantitative estimate of drug-likeness (QED) is 0.304. The summed E-state index contributed by atoms with van der Waals surface area (Å²) in [6.07, 6.45) is 3.39. The van der Waals surface area contributed by atoms with Crippen molar-refractivity contribution >= 4 is 45.3 Å². The summed E-state index contributed by atoms with van der Waals surface area (Å²) < 4.78 is 11.5. The normalized spacial score (nSPS) is 11.1. The molecule has 0 aliphatic heterocycles. The molecule has 3 aromatic heterocycles. The van der Waals surface area contributed by atoms with E-state index in [0.29, 0.717) is 16.4 Å². The van der Waals surface area contributed by atoms with Gasteiger partial charge in [-0.3, -0.25) is 14.2 Å². The molecule has 4 aromatic rings. The Morgan fingerprint density at radius 3 is 2.74 bits per heavy atom. The average Bonchev–Trinajstić information content (AvgIpc) is 3.43. The van der Waals surface area contributed by atoms with E-state index in [1.807, 2.05) is 24.6 Å². The van der Waals surface area contributed by atoms with E-state index < -0.39 is 17.5 Å². The molecule has 0 spiro atoms. The standard InChI is InChI=1S/C23H22N4O5S2/c1-12-5-6-13(2)15(9-12)27-8-7-24-23(27)33-11-16-25-20(29)18-14(10-17(28)31-3)19(22(30)32-4)34-21(18)26-16/h5-9H,10-11H2,1-4H3,(H,25,26,29). The molecule has 3 heterocycles. The van der Waals surface area contributed by atoms with Gasteiger partial charge >= 0.3 is 11.9 Å². The number of thioether (sulfide) groups is 1. The molecule has 176 valence electrons. The highest BCUT2D eigenvalue weighted by Gasteiger charge is 2.25. The first-order valence-corrected chi connectivity index (χ1v) is 12.1. The van der Waals surface area contributed by atoms with Gasteiger partial charge in [-0.25, -0.2) is 14.8 Å². The van der Waals surface area contributed by atoms with Crippen LogP contribution in [0, 0.1) is 13.8 Å². The van der Waals surface area contributed by atoms with E-state index in [1.54, 1.807) is 6.20 Å². The number of esters is 2. The largest absolute Gasteiger partial charge is 0.469 e. The van der Waals surface area contributed by atoms with E-state index in [2.05, 4.69) is 33.2 Å². The van der Waals surface area contributed by atoms with Gasteiger partial charge in [-0.15, -0.1) is 11.3 Å². The number of imidazole rings is 1. The third-order valence-electron chi connectivity index (χ3n) is 5.20. The molecule has 0 fully saturated rings. The number of nitrogens with one attached hydrogen (secondary N) is 1. The molecular weight excluding hydrogens is 476 g/mol. The lowest BCUT2D eigenvalue weighted by Gasteiger charge is -2.11. The molecule has 0 amide bonds. The molecule has 0 aliphatic carbocycles. The molecule has 0 saturated heterocycles. The molecule has 4 rings (SSSR count). The van der Waals surface area contributed by atoms with Crippen molar-refractivity contribution in [3.63, 3.8) is 0 Å². The van der Waals surface area contributed by atoms with Crippen molar-refractivity contribution in [2.45, 2.75) is 31.2 Å². The zero-order valence-corrected chi connectivity index (χ0v) is 20.6. The maximum absolute atomic E-state index is 12.9. The lowest BCUT2D eigenvalue weighted by molar-refractivity contribution is -0.139. The Hall–Kier alpha value is -3.44. The van der Waals surface area contributed by atoms with Crippen molar-refractivity contribution in [2.24, 2.45) is 0 Å². The van der Waals surface area contributed by atoms with Gasteiger partial charge < -0.3 is 14.5 Å². The van der Waals surface area contributed by atoms with Gasteiger partial charge in [-0.05, 0) is 31.0 Å². The Morgan fingerprint density at radius 2 is 2.00 bits per heavy atom. The summed E-state index contributed by atoms with van der Waals surface area (Å²) in [6.45, 7) is 4.08. The Balaban J connectivity index is 1.67. The third-order valence-corrected chi connectivity index (χ3v) is 7.28. The number of carbonyl (C=O) groups is 2. The highest BCUT2D eigenvalue weighted by Crippen LogP contribution is 2.30. The smallest absolute Gasteiger partial charge is 0.348 e. The molecule has 0 saturated carbocycles. The van der Waals surface area contributed by atoms with Gasteiger partial charge in [0.2, 0.25) is 0 Å². The fraction of sp³-hybridized carbons (Fsp3) is 0.261. The summed E-state index contributed by atoms with van der Waals surface area (Å²) in [6, 6.07) is 6.22. The second kappa shape index (κ2) is 9.82. The first kappa shape index (κ1) is 23.7. The first-order chi connectivity index (χ1) is 16.3. The monoisotopic (exact) mass is 498 g/mol. The molecule has 1 aromatic carbocycles. The molecule has 0 radical (unpaired) electrons. The van der Waals surface area contributed by atoms with Crippen LogP contribution in [0.15, 0.2) is 40.5 Å². The highest BCUT2D eigenvalue weighted by molar-refractivity contribution is 7.98. The van der Waals surface area contributed by atoms with Gasteiger partial charge in [-0.1, -0.05) is 23.9 Å². The van der Waals surface area contributed by atoms with Crippen molar-refractivity contribution in [1.29, 1.82) is 0 Å². The fourth-order valence-corrected chi connectivity index (χ4v) is 5.48. The second-order valence-electron chi connectivity index (χ2n) is 7.51. The van der Waals surface area contributed by atoms with Gasteiger partial charge in [0, 0.05) is 18.0 Å². The van der Waals surface area contributed by atoms with Crippen LogP contribution in [-0.4, -0.2) is 45.7 Å². The number of H-pyrrole nitrogens is 1. The van der Waals surface area contributed by atoms with Crippen LogP contribution in [0.3, 0.4) is 0 Å². The topological polar surface area (TPSA) is 116 Å². The molecule has 0 atom stereocenters. The molecule has 11 heteroatoms. The predicted octanol–water partition coefficient (Wildman–Crippen LogP) is 3.58. The second-order valence-corrected chi connectivity index (χ2v) is 9.45. The Morgan fingerprint density at radius 1 is 1.21 bits per heavy atom. The third kappa shape index (κ3) is 4.62. The average molecular weight is 499 g/mol. The van der Waals surface area contributed by atoms with Gasteiger partial charge in [-0.2, -0.15) is 0 Å². The number of ether oxygens (including phenoxy) is 2. The number of fused-ring (bicyclic) bond motifs is 1. The van der Waals surface area contributed by atoms with Crippen LogP contribution in [-0.2, 0) is 26.4 Å². The summed E-state index contributed by atoms with van der Waals surface area (Å²) in [5.41, 5.74) is 3.13. The molecule has 1 N–H and O–H groups in total. The number of nitrogens with zero attached hydrogens (tertiary/aromatic N) is 3. The lowest BCUT2D eigenvalue weighted by atomic mass is 10.1.